The van der Waals surface area contributed by atoms with E-state index >= 15 is 0 Å². The SMILES string of the molecule is C[C@@H](N)c1ccc(OC2CCS(=O)(=O)C2)cc1F. The van der Waals surface area contributed by atoms with Crippen molar-refractivity contribution in [3.63, 3.8) is 0 Å². The Hall–Kier alpha value is -1.14. The molecule has 0 bridgehead atoms. The third-order valence-electron chi connectivity index (χ3n) is 2.96. The summed E-state index contributed by atoms with van der Waals surface area (Å²) in [6, 6.07) is 4.06. The maximum absolute atomic E-state index is 13.6. The lowest BCUT2D eigenvalue weighted by molar-refractivity contribution is 0.228. The summed E-state index contributed by atoms with van der Waals surface area (Å²) in [5, 5.41) is 0. The summed E-state index contributed by atoms with van der Waals surface area (Å²) in [6.07, 6.45) is 0.0782. The number of benzene rings is 1. The Kier molecular flexibility index (Phi) is 3.59. The minimum Gasteiger partial charge on any atom is -0.489 e. The third-order valence-corrected chi connectivity index (χ3v) is 4.69. The van der Waals surface area contributed by atoms with E-state index in [1.807, 2.05) is 0 Å². The molecule has 0 saturated carbocycles. The number of hydrogen-bond acceptors (Lipinski definition) is 4. The second-order valence-corrected chi connectivity index (χ2v) is 6.84. The second kappa shape index (κ2) is 4.85. The van der Waals surface area contributed by atoms with Gasteiger partial charge in [0.2, 0.25) is 0 Å². The number of hydrogen-bond donors (Lipinski definition) is 1. The van der Waals surface area contributed by atoms with Gasteiger partial charge in [-0.1, -0.05) is 6.07 Å². The first-order valence-corrected chi connectivity index (χ1v) is 7.61. The van der Waals surface area contributed by atoms with Crippen LogP contribution >= 0.6 is 0 Å². The number of sulfone groups is 1. The van der Waals surface area contributed by atoms with Crippen LogP contribution < -0.4 is 10.5 Å². The Morgan fingerprint density at radius 1 is 1.50 bits per heavy atom. The Labute approximate surface area is 106 Å². The van der Waals surface area contributed by atoms with Gasteiger partial charge < -0.3 is 10.5 Å². The van der Waals surface area contributed by atoms with Gasteiger partial charge in [-0.05, 0) is 19.4 Å². The Balaban J connectivity index is 2.09. The number of rotatable bonds is 3. The van der Waals surface area contributed by atoms with Gasteiger partial charge in [-0.3, -0.25) is 0 Å². The average molecular weight is 273 g/mol. The molecular formula is C12H16FNO3S. The molecule has 1 aromatic rings. The van der Waals surface area contributed by atoms with Crippen molar-refractivity contribution in [1.82, 2.24) is 0 Å². The topological polar surface area (TPSA) is 69.4 Å². The lowest BCUT2D eigenvalue weighted by Crippen LogP contribution is -2.18. The molecule has 1 heterocycles. The van der Waals surface area contributed by atoms with E-state index in [1.54, 1.807) is 19.1 Å². The van der Waals surface area contributed by atoms with E-state index in [0.29, 0.717) is 17.7 Å². The maximum atomic E-state index is 13.6. The van der Waals surface area contributed by atoms with E-state index in [1.165, 1.54) is 6.07 Å². The molecular weight excluding hydrogens is 257 g/mol. The van der Waals surface area contributed by atoms with E-state index < -0.39 is 15.7 Å². The molecule has 0 aliphatic carbocycles. The normalized spacial score (nSPS) is 23.8. The van der Waals surface area contributed by atoms with Crippen LogP contribution in [0.1, 0.15) is 24.9 Å². The Morgan fingerprint density at radius 3 is 2.72 bits per heavy atom. The summed E-state index contributed by atoms with van der Waals surface area (Å²) in [5.74, 6) is 0.0595. The van der Waals surface area contributed by atoms with Gasteiger partial charge in [0, 0.05) is 17.7 Å². The zero-order valence-electron chi connectivity index (χ0n) is 10.1. The highest BCUT2D eigenvalue weighted by molar-refractivity contribution is 7.91. The summed E-state index contributed by atoms with van der Waals surface area (Å²) in [7, 11) is -2.99. The third kappa shape index (κ3) is 3.00. The monoisotopic (exact) mass is 273 g/mol. The molecule has 0 spiro atoms. The molecule has 2 atom stereocenters. The molecule has 1 aliphatic rings. The van der Waals surface area contributed by atoms with Crippen molar-refractivity contribution in [2.75, 3.05) is 11.5 Å². The predicted octanol–water partition coefficient (Wildman–Crippen LogP) is 1.41. The van der Waals surface area contributed by atoms with Gasteiger partial charge in [0.1, 0.15) is 17.7 Å². The van der Waals surface area contributed by atoms with Gasteiger partial charge in [-0.15, -0.1) is 0 Å². The molecule has 0 amide bonds. The van der Waals surface area contributed by atoms with Crippen molar-refractivity contribution in [3.05, 3.63) is 29.6 Å². The Morgan fingerprint density at radius 2 is 2.22 bits per heavy atom. The fraction of sp³-hybridized carbons (Fsp3) is 0.500. The van der Waals surface area contributed by atoms with E-state index in [-0.39, 0.29) is 23.7 Å². The first kappa shape index (κ1) is 13.3. The summed E-state index contributed by atoms with van der Waals surface area (Å²) in [5.41, 5.74) is 6.02. The molecule has 2 N–H and O–H groups in total. The molecule has 4 nitrogen and oxygen atoms in total. The first-order chi connectivity index (χ1) is 8.37. The number of nitrogens with two attached hydrogens (primary N) is 1. The highest BCUT2D eigenvalue weighted by atomic mass is 32.2. The van der Waals surface area contributed by atoms with Crippen molar-refractivity contribution < 1.29 is 17.5 Å². The summed E-state index contributed by atoms with van der Waals surface area (Å²) in [6.45, 7) is 1.70. The van der Waals surface area contributed by atoms with Crippen LogP contribution in [0.2, 0.25) is 0 Å². The van der Waals surface area contributed by atoms with Crippen molar-refractivity contribution in [2.45, 2.75) is 25.5 Å². The standard InChI is InChI=1S/C12H16FNO3S/c1-8(14)11-3-2-9(6-12(11)13)17-10-4-5-18(15,16)7-10/h2-3,6,8,10H,4-5,7,14H2,1H3/t8-,10?/m1/s1. The fourth-order valence-corrected chi connectivity index (χ4v) is 3.59. The minimum atomic E-state index is -2.99. The molecule has 6 heteroatoms. The average Bonchev–Trinajstić information content (AvgIpc) is 2.57. The van der Waals surface area contributed by atoms with Crippen LogP contribution in [0.25, 0.3) is 0 Å². The van der Waals surface area contributed by atoms with Gasteiger partial charge >= 0.3 is 0 Å². The smallest absolute Gasteiger partial charge is 0.154 e. The van der Waals surface area contributed by atoms with Crippen LogP contribution in [0.5, 0.6) is 5.75 Å². The van der Waals surface area contributed by atoms with Gasteiger partial charge in [0.15, 0.2) is 9.84 Å². The van der Waals surface area contributed by atoms with Crippen LogP contribution in [-0.4, -0.2) is 26.0 Å². The van der Waals surface area contributed by atoms with Gasteiger partial charge in [-0.2, -0.15) is 0 Å². The molecule has 18 heavy (non-hydrogen) atoms. The predicted molar refractivity (Wildman–Crippen MR) is 66.7 cm³/mol. The molecule has 0 radical (unpaired) electrons. The zero-order chi connectivity index (χ0) is 13.3. The lowest BCUT2D eigenvalue weighted by atomic mass is 10.1. The molecule has 1 fully saturated rings. The lowest BCUT2D eigenvalue weighted by Gasteiger charge is -2.14. The van der Waals surface area contributed by atoms with Crippen LogP contribution in [0.3, 0.4) is 0 Å². The molecule has 100 valence electrons. The van der Waals surface area contributed by atoms with Crippen molar-refractivity contribution >= 4 is 9.84 Å². The number of ether oxygens (including phenoxy) is 1. The molecule has 1 aliphatic heterocycles. The highest BCUT2D eigenvalue weighted by Gasteiger charge is 2.29. The second-order valence-electron chi connectivity index (χ2n) is 4.61. The van der Waals surface area contributed by atoms with Gasteiger partial charge in [0.25, 0.3) is 0 Å². The largest absolute Gasteiger partial charge is 0.489 e. The van der Waals surface area contributed by atoms with E-state index in [0.717, 1.165) is 0 Å². The van der Waals surface area contributed by atoms with Crippen LogP contribution in [-0.2, 0) is 9.84 Å². The summed E-state index contributed by atoms with van der Waals surface area (Å²) < 4.78 is 41.7. The van der Waals surface area contributed by atoms with E-state index in [2.05, 4.69) is 0 Å². The van der Waals surface area contributed by atoms with Gasteiger partial charge in [-0.25, -0.2) is 12.8 Å². The maximum Gasteiger partial charge on any atom is 0.154 e. The van der Waals surface area contributed by atoms with E-state index in [4.69, 9.17) is 10.5 Å². The summed E-state index contributed by atoms with van der Waals surface area (Å²) in [4.78, 5) is 0. The van der Waals surface area contributed by atoms with Crippen molar-refractivity contribution in [2.24, 2.45) is 5.73 Å². The molecule has 1 unspecified atom stereocenters. The summed E-state index contributed by atoms with van der Waals surface area (Å²) >= 11 is 0. The van der Waals surface area contributed by atoms with Crippen LogP contribution in [0.4, 0.5) is 4.39 Å². The van der Waals surface area contributed by atoms with Crippen molar-refractivity contribution in [1.29, 1.82) is 0 Å². The van der Waals surface area contributed by atoms with Crippen molar-refractivity contribution in [3.8, 4) is 5.75 Å². The highest BCUT2D eigenvalue weighted by Crippen LogP contribution is 2.24. The molecule has 0 aromatic heterocycles. The van der Waals surface area contributed by atoms with E-state index in [9.17, 15) is 12.8 Å². The quantitative estimate of drug-likeness (QED) is 0.904. The molecule has 1 saturated heterocycles. The minimum absolute atomic E-state index is 0.00363. The molecule has 2 rings (SSSR count). The zero-order valence-corrected chi connectivity index (χ0v) is 10.9. The number of halogens is 1. The fourth-order valence-electron chi connectivity index (χ4n) is 2.00. The Bertz CT molecular complexity index is 542. The van der Waals surface area contributed by atoms with Crippen LogP contribution in [0, 0.1) is 5.82 Å². The molecule has 1 aromatic carbocycles. The first-order valence-electron chi connectivity index (χ1n) is 5.79. The van der Waals surface area contributed by atoms with Gasteiger partial charge in [0.05, 0.1) is 11.5 Å². The van der Waals surface area contributed by atoms with Crippen LogP contribution in [0.15, 0.2) is 18.2 Å².